The van der Waals surface area contributed by atoms with Gasteiger partial charge in [-0.25, -0.2) is 8.42 Å². The molecule has 0 aliphatic rings. The van der Waals surface area contributed by atoms with Crippen molar-refractivity contribution in [3.05, 3.63) is 29.8 Å². The van der Waals surface area contributed by atoms with Crippen molar-refractivity contribution in [3.63, 3.8) is 0 Å². The van der Waals surface area contributed by atoms with E-state index in [4.69, 9.17) is 0 Å². The fraction of sp³-hybridized carbons (Fsp3) is 0.385. The van der Waals surface area contributed by atoms with Crippen molar-refractivity contribution in [2.45, 2.75) is 11.8 Å². The van der Waals surface area contributed by atoms with Gasteiger partial charge in [-0.1, -0.05) is 6.92 Å². The second kappa shape index (κ2) is 7.19. The smallest absolute Gasteiger partial charge is 0.251 e. The van der Waals surface area contributed by atoms with E-state index in [2.05, 4.69) is 10.6 Å². The number of sulfonamides is 1. The highest BCUT2D eigenvalue weighted by Crippen LogP contribution is 2.16. The molecule has 0 fully saturated rings. The van der Waals surface area contributed by atoms with Crippen molar-refractivity contribution in [2.75, 3.05) is 27.2 Å². The first kappa shape index (κ1) is 17.1. The number of carbonyl (C=O) groups excluding carboxylic acids is 2. The fourth-order valence-electron chi connectivity index (χ4n) is 1.68. The third kappa shape index (κ3) is 4.02. The van der Waals surface area contributed by atoms with Crippen molar-refractivity contribution in [3.8, 4) is 0 Å². The molecule has 0 bridgehead atoms. The number of likely N-dealkylation sites (N-methyl/N-ethyl adjacent to an activating group) is 2. The summed E-state index contributed by atoms with van der Waals surface area (Å²) in [7, 11) is -0.824. The maximum absolute atomic E-state index is 12.4. The molecule has 8 heteroatoms. The van der Waals surface area contributed by atoms with Crippen LogP contribution in [0.1, 0.15) is 17.3 Å². The third-order valence-electron chi connectivity index (χ3n) is 2.93. The predicted octanol–water partition coefficient (Wildman–Crippen LogP) is -0.197. The number of carbonyl (C=O) groups is 2. The first-order valence-corrected chi connectivity index (χ1v) is 7.83. The molecule has 0 atom stereocenters. The Kier molecular flexibility index (Phi) is 5.86. The van der Waals surface area contributed by atoms with Crippen molar-refractivity contribution in [2.24, 2.45) is 0 Å². The highest BCUT2D eigenvalue weighted by Gasteiger charge is 2.25. The average Bonchev–Trinajstić information content (AvgIpc) is 2.51. The monoisotopic (exact) mass is 313 g/mol. The van der Waals surface area contributed by atoms with Crippen molar-refractivity contribution in [1.82, 2.24) is 14.9 Å². The number of amides is 2. The summed E-state index contributed by atoms with van der Waals surface area (Å²) in [5.41, 5.74) is 0.366. The molecular formula is C13H19N3O4S. The Morgan fingerprint density at radius 3 is 2.10 bits per heavy atom. The summed E-state index contributed by atoms with van der Waals surface area (Å²) in [6.07, 6.45) is 0. The zero-order chi connectivity index (χ0) is 16.0. The largest absolute Gasteiger partial charge is 0.358 e. The number of hydrogen-bond acceptors (Lipinski definition) is 4. The summed E-state index contributed by atoms with van der Waals surface area (Å²) in [6.45, 7) is 1.58. The minimum absolute atomic E-state index is 0.0425. The maximum Gasteiger partial charge on any atom is 0.251 e. The van der Waals surface area contributed by atoms with E-state index in [1.807, 2.05) is 0 Å². The van der Waals surface area contributed by atoms with Crippen LogP contribution in [0.2, 0.25) is 0 Å². The highest BCUT2D eigenvalue weighted by molar-refractivity contribution is 7.89. The summed E-state index contributed by atoms with van der Waals surface area (Å²) in [5, 5.41) is 4.84. The van der Waals surface area contributed by atoms with E-state index in [-0.39, 0.29) is 29.8 Å². The van der Waals surface area contributed by atoms with Gasteiger partial charge in [-0.2, -0.15) is 4.31 Å². The highest BCUT2D eigenvalue weighted by atomic mass is 32.2. The van der Waals surface area contributed by atoms with Gasteiger partial charge in [0.25, 0.3) is 5.91 Å². The van der Waals surface area contributed by atoms with Crippen LogP contribution in [0.5, 0.6) is 0 Å². The van der Waals surface area contributed by atoms with E-state index in [0.29, 0.717) is 5.56 Å². The molecule has 0 aliphatic carbocycles. The molecule has 116 valence electrons. The zero-order valence-corrected chi connectivity index (χ0v) is 13.0. The molecule has 0 aromatic heterocycles. The lowest BCUT2D eigenvalue weighted by atomic mass is 10.2. The molecule has 0 aliphatic heterocycles. The van der Waals surface area contributed by atoms with E-state index in [9.17, 15) is 18.0 Å². The number of benzene rings is 1. The fourth-order valence-corrected chi connectivity index (χ4v) is 3.08. The molecule has 7 nitrogen and oxygen atoms in total. The third-order valence-corrected chi connectivity index (χ3v) is 4.87. The topological polar surface area (TPSA) is 95.6 Å². The van der Waals surface area contributed by atoms with Crippen LogP contribution in [-0.4, -0.2) is 51.7 Å². The Hall–Kier alpha value is -1.93. The molecule has 21 heavy (non-hydrogen) atoms. The van der Waals surface area contributed by atoms with Crippen molar-refractivity contribution >= 4 is 21.8 Å². The van der Waals surface area contributed by atoms with Crippen LogP contribution in [0.3, 0.4) is 0 Å². The number of rotatable bonds is 6. The van der Waals surface area contributed by atoms with Gasteiger partial charge < -0.3 is 10.6 Å². The SMILES string of the molecule is CCN(CC(=O)NC)S(=O)(=O)c1ccc(C(=O)NC)cc1. The molecule has 0 saturated carbocycles. The second-order valence-corrected chi connectivity index (χ2v) is 6.15. The van der Waals surface area contributed by atoms with E-state index >= 15 is 0 Å². The van der Waals surface area contributed by atoms with Gasteiger partial charge in [0.05, 0.1) is 11.4 Å². The van der Waals surface area contributed by atoms with Gasteiger partial charge in [-0.3, -0.25) is 9.59 Å². The quantitative estimate of drug-likeness (QED) is 0.760. The Morgan fingerprint density at radius 2 is 1.67 bits per heavy atom. The predicted molar refractivity (Wildman–Crippen MR) is 78.3 cm³/mol. The van der Waals surface area contributed by atoms with Crippen LogP contribution >= 0.6 is 0 Å². The van der Waals surface area contributed by atoms with Crippen LogP contribution in [-0.2, 0) is 14.8 Å². The van der Waals surface area contributed by atoms with Crippen LogP contribution in [0.15, 0.2) is 29.2 Å². The molecule has 0 radical (unpaired) electrons. The number of nitrogens with one attached hydrogen (secondary N) is 2. The Bertz CT molecular complexity index is 611. The molecule has 0 saturated heterocycles. The Labute approximate surface area is 124 Å². The summed E-state index contributed by atoms with van der Waals surface area (Å²) >= 11 is 0. The minimum Gasteiger partial charge on any atom is -0.358 e. The standard InChI is InChI=1S/C13H19N3O4S/c1-4-16(9-12(17)14-2)21(19,20)11-7-5-10(6-8-11)13(18)15-3/h5-8H,4,9H2,1-3H3,(H,14,17)(H,15,18). The minimum atomic E-state index is -3.76. The summed E-state index contributed by atoms with van der Waals surface area (Å²) in [4.78, 5) is 22.8. The van der Waals surface area contributed by atoms with Crippen molar-refractivity contribution < 1.29 is 18.0 Å². The second-order valence-electron chi connectivity index (χ2n) is 4.21. The molecule has 1 aromatic rings. The Morgan fingerprint density at radius 1 is 1.10 bits per heavy atom. The maximum atomic E-state index is 12.4. The van der Waals surface area contributed by atoms with Gasteiger partial charge in [-0.05, 0) is 24.3 Å². The Balaban J connectivity index is 3.05. The van der Waals surface area contributed by atoms with Gasteiger partial charge in [0.1, 0.15) is 0 Å². The zero-order valence-electron chi connectivity index (χ0n) is 12.2. The molecule has 2 amide bonds. The average molecular weight is 313 g/mol. The molecular weight excluding hydrogens is 294 g/mol. The molecule has 1 rings (SSSR count). The van der Waals surface area contributed by atoms with Gasteiger partial charge in [-0.15, -0.1) is 0 Å². The summed E-state index contributed by atoms with van der Waals surface area (Å²) in [5.74, 6) is -0.681. The van der Waals surface area contributed by atoms with E-state index in [0.717, 1.165) is 4.31 Å². The lowest BCUT2D eigenvalue weighted by Gasteiger charge is -2.19. The molecule has 0 unspecified atom stereocenters. The van der Waals surface area contributed by atoms with Crippen LogP contribution in [0.25, 0.3) is 0 Å². The van der Waals surface area contributed by atoms with Crippen LogP contribution in [0, 0.1) is 0 Å². The molecule has 0 spiro atoms. The van der Waals surface area contributed by atoms with Gasteiger partial charge in [0, 0.05) is 26.2 Å². The first-order chi connectivity index (χ1) is 9.86. The molecule has 1 aromatic carbocycles. The lowest BCUT2D eigenvalue weighted by Crippen LogP contribution is -2.39. The summed E-state index contributed by atoms with van der Waals surface area (Å²) < 4.78 is 25.9. The van der Waals surface area contributed by atoms with Crippen molar-refractivity contribution in [1.29, 1.82) is 0 Å². The number of nitrogens with zero attached hydrogens (tertiary/aromatic N) is 1. The first-order valence-electron chi connectivity index (χ1n) is 6.39. The van der Waals surface area contributed by atoms with E-state index in [1.165, 1.54) is 38.4 Å². The van der Waals surface area contributed by atoms with Gasteiger partial charge in [0.15, 0.2) is 0 Å². The van der Waals surface area contributed by atoms with E-state index < -0.39 is 10.0 Å². The van der Waals surface area contributed by atoms with E-state index in [1.54, 1.807) is 6.92 Å². The summed E-state index contributed by atoms with van der Waals surface area (Å²) in [6, 6.07) is 5.57. The van der Waals surface area contributed by atoms with Crippen LogP contribution in [0.4, 0.5) is 0 Å². The molecule has 2 N–H and O–H groups in total. The number of hydrogen-bond donors (Lipinski definition) is 2. The van der Waals surface area contributed by atoms with Crippen LogP contribution < -0.4 is 10.6 Å². The normalized spacial score (nSPS) is 11.2. The lowest BCUT2D eigenvalue weighted by molar-refractivity contribution is -0.120. The molecule has 0 heterocycles. The van der Waals surface area contributed by atoms with Gasteiger partial charge >= 0.3 is 0 Å². The van der Waals surface area contributed by atoms with Gasteiger partial charge in [0.2, 0.25) is 15.9 Å².